The Morgan fingerprint density at radius 1 is 0.364 bits per heavy atom. The first-order valence-electron chi connectivity index (χ1n) is 29.9. The highest BCUT2D eigenvalue weighted by atomic mass is 16.6. The van der Waals surface area contributed by atoms with Gasteiger partial charge in [-0.1, -0.05) is 178 Å². The van der Waals surface area contributed by atoms with Crippen molar-refractivity contribution in [3.8, 4) is 0 Å². The van der Waals surface area contributed by atoms with Gasteiger partial charge in [-0.3, -0.25) is 0 Å². The van der Waals surface area contributed by atoms with Crippen molar-refractivity contribution in [2.75, 3.05) is 79.3 Å². The van der Waals surface area contributed by atoms with Gasteiger partial charge in [0.05, 0.1) is 65.6 Å². The molecule has 4 atom stereocenters. The Labute approximate surface area is 471 Å². The van der Waals surface area contributed by atoms with Crippen molar-refractivity contribution >= 4 is 23.9 Å². The summed E-state index contributed by atoms with van der Waals surface area (Å²) in [5.74, 6) is -1.10. The molecule has 0 aromatic rings. The predicted molar refractivity (Wildman–Crippen MR) is 315 cm³/mol. The number of ether oxygens (including phenoxy) is 10. The number of hydrogen-bond acceptors (Lipinski definition) is 14. The smallest absolute Gasteiger partial charge is 0.333 e. The molecule has 3 aliphatic heterocycles. The summed E-state index contributed by atoms with van der Waals surface area (Å²) in [4.78, 5) is 43.2. The van der Waals surface area contributed by atoms with Crippen molar-refractivity contribution < 1.29 is 66.5 Å². The lowest BCUT2D eigenvalue weighted by molar-refractivity contribution is -0.139. The van der Waals surface area contributed by atoms with E-state index in [0.717, 1.165) is 117 Å². The number of hydrogen-bond donors (Lipinski definition) is 0. The highest BCUT2D eigenvalue weighted by Crippen LogP contribution is 2.20. The number of carbonyl (C=O) groups is 4. The monoisotopic (exact) mass is 1100 g/mol. The number of esters is 4. The Bertz CT molecular complexity index is 1420. The Kier molecular flexibility index (Phi) is 64.3. The Hall–Kier alpha value is -3.40. The minimum Gasteiger partial charge on any atom is -0.462 e. The number of unbranched alkanes of at least 4 members (excludes halogenated alkanes) is 16. The third-order valence-corrected chi connectivity index (χ3v) is 11.0. The minimum absolute atomic E-state index is 0.268. The SMILES string of the molecule is C=C(C)C(=O)OCCCC.C=C(C)C(=O)OCCCCC.C=C(C)C(=O)OCCCCCC.C=C(C)C(=O)OCCCCCCC.CCCCCCCOCC1CO1.CCCCCOCC1OC1C.CCCOCC1CO1. The molecule has 454 valence electrons. The summed E-state index contributed by atoms with van der Waals surface area (Å²) in [6, 6.07) is 0. The first kappa shape index (κ1) is 80.1. The van der Waals surface area contributed by atoms with Gasteiger partial charge < -0.3 is 47.4 Å². The minimum atomic E-state index is -0.284. The third kappa shape index (κ3) is 70.6. The van der Waals surface area contributed by atoms with Gasteiger partial charge in [-0.05, 0) is 79.6 Å². The lowest BCUT2D eigenvalue weighted by atomic mass is 10.2. The summed E-state index contributed by atoms with van der Waals surface area (Å²) in [6.07, 6.45) is 28.7. The van der Waals surface area contributed by atoms with Crippen LogP contribution in [0.3, 0.4) is 0 Å². The molecule has 4 unspecified atom stereocenters. The van der Waals surface area contributed by atoms with E-state index in [9.17, 15) is 19.2 Å². The van der Waals surface area contributed by atoms with Crippen molar-refractivity contribution in [3.63, 3.8) is 0 Å². The second-order valence-electron chi connectivity index (χ2n) is 19.8. The van der Waals surface area contributed by atoms with E-state index >= 15 is 0 Å². The molecule has 14 nitrogen and oxygen atoms in total. The van der Waals surface area contributed by atoms with Gasteiger partial charge >= 0.3 is 23.9 Å². The van der Waals surface area contributed by atoms with Crippen LogP contribution >= 0.6 is 0 Å². The van der Waals surface area contributed by atoms with E-state index in [1.54, 1.807) is 27.7 Å². The van der Waals surface area contributed by atoms with Gasteiger partial charge in [-0.25, -0.2) is 19.2 Å². The lowest BCUT2D eigenvalue weighted by Crippen LogP contribution is -2.05. The Morgan fingerprint density at radius 2 is 0.610 bits per heavy atom. The highest BCUT2D eigenvalue weighted by Gasteiger charge is 2.33. The summed E-state index contributed by atoms with van der Waals surface area (Å²) in [5.41, 5.74) is 1.90. The average molecular weight is 1100 g/mol. The molecule has 3 fully saturated rings. The number of epoxide rings is 3. The first-order chi connectivity index (χ1) is 36.9. The molecule has 0 aromatic carbocycles. The van der Waals surface area contributed by atoms with E-state index in [2.05, 4.69) is 81.7 Å². The Morgan fingerprint density at radius 3 is 0.909 bits per heavy atom. The van der Waals surface area contributed by atoms with Crippen LogP contribution in [0.15, 0.2) is 48.6 Å². The number of rotatable bonds is 40. The molecular weight excluding hydrogens is 981 g/mol. The average Bonchev–Trinajstić information content (AvgIpc) is 4.31. The molecular formula is C63H118O14. The van der Waals surface area contributed by atoms with E-state index in [-0.39, 0.29) is 23.9 Å². The molecule has 0 N–H and O–H groups in total. The summed E-state index contributed by atoms with van der Waals surface area (Å²) in [5, 5.41) is 0. The summed E-state index contributed by atoms with van der Waals surface area (Å²) < 4.78 is 50.7. The predicted octanol–water partition coefficient (Wildman–Crippen LogP) is 15.1. The molecule has 0 saturated carbocycles. The fourth-order valence-electron chi connectivity index (χ4n) is 5.65. The quantitative estimate of drug-likeness (QED) is 0.0187. The molecule has 3 saturated heterocycles. The van der Waals surface area contributed by atoms with Gasteiger partial charge in [-0.2, -0.15) is 0 Å². The van der Waals surface area contributed by atoms with E-state index in [0.29, 0.717) is 73.1 Å². The zero-order valence-corrected chi connectivity index (χ0v) is 51.6. The van der Waals surface area contributed by atoms with Crippen LogP contribution in [-0.4, -0.2) is 128 Å². The molecule has 3 heterocycles. The number of carbonyl (C=O) groups excluding carboxylic acids is 4. The maximum absolute atomic E-state index is 10.9. The van der Waals surface area contributed by atoms with Gasteiger partial charge in [0.1, 0.15) is 18.3 Å². The van der Waals surface area contributed by atoms with Crippen molar-refractivity contribution in [3.05, 3.63) is 48.6 Å². The standard InChI is InChI=1S/C11H20O2.C10H20O2.C10H18O2.C9H18O2.C9H16O2.C8H14O2.C6H12O2/c1-4-5-6-7-8-9-13-11(12)10(2)3;1-2-3-4-5-6-7-11-8-10-9-12-10;1-4-5-6-7-8-12-10(11)9(2)3;1-3-4-5-6-10-7-9-8(2)11-9;1-4-5-6-7-11-9(10)8(2)3;1-4-5-6-10-8(9)7(2)3;1-2-3-7-4-6-5-8-6/h2,4-9H2,1,3H3;10H,2-9H2,1H3;2,4-8H2,1,3H3;8-9H,3-7H2,1-2H3;2,4-7H2,1,3H3;2,4-6H2,1,3H3;6H,2-5H2,1H3. The molecule has 0 amide bonds. The van der Waals surface area contributed by atoms with Crippen LogP contribution in [0.2, 0.25) is 0 Å². The van der Waals surface area contributed by atoms with Gasteiger partial charge in [0.2, 0.25) is 0 Å². The van der Waals surface area contributed by atoms with Crippen LogP contribution in [0.5, 0.6) is 0 Å². The fraction of sp³-hybridized carbons (Fsp3) is 0.810. The van der Waals surface area contributed by atoms with Crippen LogP contribution in [-0.2, 0) is 66.5 Å². The van der Waals surface area contributed by atoms with Crippen LogP contribution in [0.1, 0.15) is 231 Å². The van der Waals surface area contributed by atoms with E-state index in [4.69, 9.17) is 47.4 Å². The summed E-state index contributed by atoms with van der Waals surface area (Å²) in [6.45, 7) is 46.7. The van der Waals surface area contributed by atoms with E-state index in [1.165, 1.54) is 83.5 Å². The summed E-state index contributed by atoms with van der Waals surface area (Å²) in [7, 11) is 0. The van der Waals surface area contributed by atoms with Gasteiger partial charge in [0, 0.05) is 42.1 Å². The van der Waals surface area contributed by atoms with Crippen LogP contribution in [0, 0.1) is 0 Å². The molecule has 0 aliphatic carbocycles. The van der Waals surface area contributed by atoms with Crippen molar-refractivity contribution in [1.29, 1.82) is 0 Å². The Balaban J connectivity index is -0.000000405. The molecule has 0 bridgehead atoms. The second-order valence-corrected chi connectivity index (χ2v) is 19.8. The molecule has 3 aliphatic rings. The molecule has 0 aromatic heterocycles. The van der Waals surface area contributed by atoms with Crippen LogP contribution in [0.4, 0.5) is 0 Å². The van der Waals surface area contributed by atoms with Crippen LogP contribution in [0.25, 0.3) is 0 Å². The van der Waals surface area contributed by atoms with Crippen molar-refractivity contribution in [2.45, 2.75) is 255 Å². The van der Waals surface area contributed by atoms with Gasteiger partial charge in [-0.15, -0.1) is 0 Å². The third-order valence-electron chi connectivity index (χ3n) is 11.0. The van der Waals surface area contributed by atoms with Gasteiger partial charge in [0.15, 0.2) is 0 Å². The maximum Gasteiger partial charge on any atom is 0.333 e. The van der Waals surface area contributed by atoms with Crippen LogP contribution < -0.4 is 0 Å². The van der Waals surface area contributed by atoms with Gasteiger partial charge in [0.25, 0.3) is 0 Å². The molecule has 3 rings (SSSR count). The lowest BCUT2D eigenvalue weighted by Gasteiger charge is -2.03. The van der Waals surface area contributed by atoms with E-state index < -0.39 is 0 Å². The normalized spacial score (nSPS) is 15.7. The highest BCUT2D eigenvalue weighted by molar-refractivity contribution is 5.88. The molecule has 0 spiro atoms. The maximum atomic E-state index is 10.9. The summed E-state index contributed by atoms with van der Waals surface area (Å²) >= 11 is 0. The second kappa shape index (κ2) is 61.8. The molecule has 77 heavy (non-hydrogen) atoms. The van der Waals surface area contributed by atoms with Crippen molar-refractivity contribution in [2.24, 2.45) is 0 Å². The topological polar surface area (TPSA) is 170 Å². The van der Waals surface area contributed by atoms with E-state index in [1.807, 2.05) is 0 Å². The first-order valence-corrected chi connectivity index (χ1v) is 29.9. The molecule has 0 radical (unpaired) electrons. The van der Waals surface area contributed by atoms with Crippen molar-refractivity contribution in [1.82, 2.24) is 0 Å². The molecule has 14 heteroatoms. The zero-order valence-electron chi connectivity index (χ0n) is 51.6. The largest absolute Gasteiger partial charge is 0.462 e. The zero-order chi connectivity index (χ0) is 58.7. The fourth-order valence-corrected chi connectivity index (χ4v) is 5.65.